The van der Waals surface area contributed by atoms with Gasteiger partial charge >= 0.3 is 0 Å². The summed E-state index contributed by atoms with van der Waals surface area (Å²) in [5.41, 5.74) is 2.31. The van der Waals surface area contributed by atoms with Gasteiger partial charge in [-0.15, -0.1) is 0 Å². The van der Waals surface area contributed by atoms with E-state index in [0.717, 1.165) is 35.9 Å². The molecule has 20 heavy (non-hydrogen) atoms. The molecule has 0 unspecified atom stereocenters. The molecule has 3 heteroatoms. The molecule has 0 aliphatic carbocycles. The monoisotopic (exact) mass is 295 g/mol. The van der Waals surface area contributed by atoms with Crippen LogP contribution < -0.4 is 4.74 Å². The van der Waals surface area contributed by atoms with E-state index in [2.05, 4.69) is 24.8 Å². The highest BCUT2D eigenvalue weighted by molar-refractivity contribution is 6.32. The number of ether oxygens (including phenoxy) is 1. The van der Waals surface area contributed by atoms with E-state index in [9.17, 15) is 0 Å². The van der Waals surface area contributed by atoms with Crippen LogP contribution in [0.3, 0.4) is 0 Å². The van der Waals surface area contributed by atoms with Gasteiger partial charge < -0.3 is 9.64 Å². The van der Waals surface area contributed by atoms with Gasteiger partial charge in [0.2, 0.25) is 0 Å². The van der Waals surface area contributed by atoms with Crippen molar-refractivity contribution in [2.45, 2.75) is 46.0 Å². The Labute approximate surface area is 128 Å². The molecule has 0 N–H and O–H groups in total. The smallest absolute Gasteiger partial charge is 0.140 e. The highest BCUT2D eigenvalue weighted by Gasteiger charge is 2.09. The summed E-state index contributed by atoms with van der Waals surface area (Å²) >= 11 is 6.25. The fourth-order valence-corrected chi connectivity index (χ4v) is 3.28. The quantitative estimate of drug-likeness (QED) is 0.736. The maximum Gasteiger partial charge on any atom is 0.140 e. The maximum absolute atomic E-state index is 6.25. The van der Waals surface area contributed by atoms with Crippen LogP contribution in [0.5, 0.6) is 5.75 Å². The lowest BCUT2D eigenvalue weighted by Gasteiger charge is -2.20. The Morgan fingerprint density at radius 2 is 1.80 bits per heavy atom. The van der Waals surface area contributed by atoms with Gasteiger partial charge in [0.25, 0.3) is 0 Å². The molecule has 0 saturated carbocycles. The number of hydrogen-bond donors (Lipinski definition) is 0. The zero-order valence-corrected chi connectivity index (χ0v) is 13.5. The van der Waals surface area contributed by atoms with Gasteiger partial charge in [-0.05, 0) is 63.4 Å². The lowest BCUT2D eigenvalue weighted by Crippen LogP contribution is -2.26. The number of halogens is 1. The average molecular weight is 296 g/mol. The van der Waals surface area contributed by atoms with E-state index in [0.29, 0.717) is 0 Å². The third-order valence-corrected chi connectivity index (χ3v) is 4.22. The second-order valence-electron chi connectivity index (χ2n) is 5.85. The molecule has 1 aliphatic heterocycles. The van der Waals surface area contributed by atoms with Gasteiger partial charge in [0.05, 0.1) is 11.6 Å². The molecular weight excluding hydrogens is 270 g/mol. The predicted octanol–water partition coefficient (Wildman–Crippen LogP) is 4.60. The van der Waals surface area contributed by atoms with Crippen LogP contribution >= 0.6 is 11.6 Å². The van der Waals surface area contributed by atoms with Gasteiger partial charge in [0.1, 0.15) is 5.75 Å². The summed E-state index contributed by atoms with van der Waals surface area (Å²) in [5.74, 6) is 0.855. The van der Waals surface area contributed by atoms with E-state index >= 15 is 0 Å². The van der Waals surface area contributed by atoms with Crippen molar-refractivity contribution in [1.82, 2.24) is 4.90 Å². The van der Waals surface area contributed by atoms with E-state index in [-0.39, 0.29) is 0 Å². The largest absolute Gasteiger partial charge is 0.492 e. The summed E-state index contributed by atoms with van der Waals surface area (Å²) in [6.07, 6.45) is 6.56. The molecule has 1 saturated heterocycles. The minimum Gasteiger partial charge on any atom is -0.492 e. The standard InChI is InChI=1S/C17H26ClNO/c1-14-12-15(2)17(16(18)13-14)20-11-7-10-19-8-5-3-4-6-9-19/h12-13H,3-11H2,1-2H3. The highest BCUT2D eigenvalue weighted by atomic mass is 35.5. The summed E-state index contributed by atoms with van der Waals surface area (Å²) in [7, 11) is 0. The molecule has 0 spiro atoms. The predicted molar refractivity (Wildman–Crippen MR) is 85.9 cm³/mol. The van der Waals surface area contributed by atoms with Gasteiger partial charge in [-0.1, -0.05) is 30.5 Å². The Bertz CT molecular complexity index is 402. The topological polar surface area (TPSA) is 12.5 Å². The molecule has 2 nitrogen and oxygen atoms in total. The summed E-state index contributed by atoms with van der Waals surface area (Å²) in [6, 6.07) is 4.09. The highest BCUT2D eigenvalue weighted by Crippen LogP contribution is 2.29. The Morgan fingerprint density at radius 3 is 2.45 bits per heavy atom. The SMILES string of the molecule is Cc1cc(C)c(OCCCN2CCCCCC2)c(Cl)c1. The minimum atomic E-state index is 0.734. The van der Waals surface area contributed by atoms with Crippen LogP contribution in [0.15, 0.2) is 12.1 Å². The molecule has 1 heterocycles. The van der Waals surface area contributed by atoms with Crippen LogP contribution in [-0.2, 0) is 0 Å². The van der Waals surface area contributed by atoms with E-state index in [1.165, 1.54) is 44.3 Å². The lowest BCUT2D eigenvalue weighted by molar-refractivity contribution is 0.239. The Balaban J connectivity index is 1.75. The van der Waals surface area contributed by atoms with E-state index in [1.807, 2.05) is 6.07 Å². The van der Waals surface area contributed by atoms with Crippen molar-refractivity contribution < 1.29 is 4.74 Å². The molecule has 1 aliphatic rings. The Kier molecular flexibility index (Phi) is 6.18. The first-order valence-corrected chi connectivity index (χ1v) is 8.16. The second kappa shape index (κ2) is 7.90. The summed E-state index contributed by atoms with van der Waals surface area (Å²) < 4.78 is 5.89. The lowest BCUT2D eigenvalue weighted by atomic mass is 10.1. The van der Waals surface area contributed by atoms with Crippen molar-refractivity contribution >= 4 is 11.6 Å². The van der Waals surface area contributed by atoms with Crippen molar-refractivity contribution in [1.29, 1.82) is 0 Å². The van der Waals surface area contributed by atoms with Crippen LogP contribution in [0.4, 0.5) is 0 Å². The summed E-state index contributed by atoms with van der Waals surface area (Å²) in [6.45, 7) is 8.52. The van der Waals surface area contributed by atoms with Crippen LogP contribution in [0, 0.1) is 13.8 Å². The molecular formula is C17H26ClNO. The van der Waals surface area contributed by atoms with Crippen LogP contribution in [0.25, 0.3) is 0 Å². The minimum absolute atomic E-state index is 0.734. The first kappa shape index (κ1) is 15.7. The third-order valence-electron chi connectivity index (χ3n) is 3.94. The Hall–Kier alpha value is -0.730. The van der Waals surface area contributed by atoms with Gasteiger partial charge in [-0.3, -0.25) is 0 Å². The first-order valence-electron chi connectivity index (χ1n) is 7.79. The summed E-state index contributed by atoms with van der Waals surface area (Å²) in [5, 5.41) is 0.734. The van der Waals surface area contributed by atoms with Crippen molar-refractivity contribution in [2.75, 3.05) is 26.2 Å². The maximum atomic E-state index is 6.25. The van der Waals surface area contributed by atoms with Gasteiger partial charge in [0, 0.05) is 6.54 Å². The molecule has 0 aromatic heterocycles. The van der Waals surface area contributed by atoms with Crippen molar-refractivity contribution in [3.05, 3.63) is 28.3 Å². The first-order chi connectivity index (χ1) is 9.66. The molecule has 0 radical (unpaired) electrons. The molecule has 0 bridgehead atoms. The molecule has 0 amide bonds. The number of rotatable bonds is 5. The van der Waals surface area contributed by atoms with Crippen LogP contribution in [0.2, 0.25) is 5.02 Å². The second-order valence-corrected chi connectivity index (χ2v) is 6.26. The van der Waals surface area contributed by atoms with Crippen LogP contribution in [0.1, 0.15) is 43.2 Å². The summed E-state index contributed by atoms with van der Waals surface area (Å²) in [4.78, 5) is 2.57. The fraction of sp³-hybridized carbons (Fsp3) is 0.647. The van der Waals surface area contributed by atoms with Gasteiger partial charge in [-0.2, -0.15) is 0 Å². The van der Waals surface area contributed by atoms with Crippen molar-refractivity contribution in [2.24, 2.45) is 0 Å². The molecule has 1 fully saturated rings. The number of hydrogen-bond acceptors (Lipinski definition) is 2. The van der Waals surface area contributed by atoms with Crippen molar-refractivity contribution in [3.63, 3.8) is 0 Å². The molecule has 1 aromatic carbocycles. The van der Waals surface area contributed by atoms with E-state index < -0.39 is 0 Å². The molecule has 0 atom stereocenters. The number of likely N-dealkylation sites (tertiary alicyclic amines) is 1. The molecule has 112 valence electrons. The molecule has 2 rings (SSSR count). The molecule has 1 aromatic rings. The zero-order valence-electron chi connectivity index (χ0n) is 12.8. The van der Waals surface area contributed by atoms with Crippen molar-refractivity contribution in [3.8, 4) is 5.75 Å². The Morgan fingerprint density at radius 1 is 1.10 bits per heavy atom. The van der Waals surface area contributed by atoms with Crippen LogP contribution in [-0.4, -0.2) is 31.1 Å². The number of aryl methyl sites for hydroxylation is 2. The number of benzene rings is 1. The van der Waals surface area contributed by atoms with E-state index in [1.54, 1.807) is 0 Å². The normalized spacial score (nSPS) is 16.9. The third kappa shape index (κ3) is 4.68. The number of nitrogens with zero attached hydrogens (tertiary/aromatic N) is 1. The van der Waals surface area contributed by atoms with Gasteiger partial charge in [-0.25, -0.2) is 0 Å². The average Bonchev–Trinajstić information content (AvgIpc) is 2.65. The zero-order chi connectivity index (χ0) is 14.4. The van der Waals surface area contributed by atoms with E-state index in [4.69, 9.17) is 16.3 Å². The fourth-order valence-electron chi connectivity index (χ4n) is 2.91. The van der Waals surface area contributed by atoms with Gasteiger partial charge in [0.15, 0.2) is 0 Å².